The fourth-order valence-corrected chi connectivity index (χ4v) is 5.20. The van der Waals surface area contributed by atoms with Gasteiger partial charge in [0.1, 0.15) is 5.84 Å². The second-order valence-corrected chi connectivity index (χ2v) is 9.66. The van der Waals surface area contributed by atoms with E-state index in [-0.39, 0.29) is 23.8 Å². The number of amidine groups is 1. The Hall–Kier alpha value is -2.71. The molecule has 0 saturated carbocycles. The second-order valence-electron chi connectivity index (χ2n) is 8.01. The Kier molecular flexibility index (Phi) is 6.67. The highest BCUT2D eigenvalue weighted by molar-refractivity contribution is 7.90. The molecule has 2 aliphatic rings. The number of carbonyl (C=O) groups is 1. The van der Waals surface area contributed by atoms with Gasteiger partial charge in [-0.05, 0) is 49.2 Å². The molecule has 2 N–H and O–H groups in total. The summed E-state index contributed by atoms with van der Waals surface area (Å²) >= 11 is 0. The molecule has 31 heavy (non-hydrogen) atoms. The third kappa shape index (κ3) is 5.51. The summed E-state index contributed by atoms with van der Waals surface area (Å²) in [4.78, 5) is 19.2. The number of nitrogens with one attached hydrogen (secondary N) is 2. The molecule has 2 heterocycles. The van der Waals surface area contributed by atoms with Gasteiger partial charge in [-0.3, -0.25) is 19.4 Å². The van der Waals surface area contributed by atoms with Crippen LogP contribution in [0.1, 0.15) is 42.4 Å². The molecule has 8 heteroatoms. The first-order valence-corrected chi connectivity index (χ1v) is 12.2. The largest absolute Gasteiger partial charge is 0.352 e. The second kappa shape index (κ2) is 9.62. The molecular weight excluding hydrogens is 412 g/mol. The fraction of sp³-hybridized carbons (Fsp3) is 0.391. The predicted octanol–water partition coefficient (Wildman–Crippen LogP) is 2.42. The Morgan fingerprint density at radius 1 is 1.00 bits per heavy atom. The van der Waals surface area contributed by atoms with Crippen molar-refractivity contribution in [1.82, 2.24) is 14.9 Å². The van der Waals surface area contributed by atoms with Crippen LogP contribution in [-0.4, -0.2) is 44.7 Å². The van der Waals surface area contributed by atoms with Crippen molar-refractivity contribution in [3.05, 3.63) is 65.2 Å². The molecule has 2 aromatic carbocycles. The van der Waals surface area contributed by atoms with Gasteiger partial charge in [0.15, 0.2) is 0 Å². The summed E-state index contributed by atoms with van der Waals surface area (Å²) in [5.74, 6) is 0.184. The van der Waals surface area contributed by atoms with Gasteiger partial charge in [0.25, 0.3) is 10.0 Å². The average molecular weight is 441 g/mol. The number of fused-ring (bicyclic) bond motifs is 1. The minimum absolute atomic E-state index is 0.115. The lowest BCUT2D eigenvalue weighted by atomic mass is 10.1. The van der Waals surface area contributed by atoms with Gasteiger partial charge in [-0.2, -0.15) is 0 Å². The van der Waals surface area contributed by atoms with E-state index in [1.807, 2.05) is 0 Å². The van der Waals surface area contributed by atoms with E-state index in [9.17, 15) is 13.2 Å². The van der Waals surface area contributed by atoms with Crippen LogP contribution >= 0.6 is 0 Å². The first-order chi connectivity index (χ1) is 15.0. The molecule has 0 unspecified atom stereocenters. The quantitative estimate of drug-likeness (QED) is 0.692. The van der Waals surface area contributed by atoms with Gasteiger partial charge in [-0.15, -0.1) is 0 Å². The lowest BCUT2D eigenvalue weighted by Crippen LogP contribution is -2.29. The molecule has 0 radical (unpaired) electrons. The van der Waals surface area contributed by atoms with Crippen LogP contribution in [0.3, 0.4) is 0 Å². The summed E-state index contributed by atoms with van der Waals surface area (Å²) in [6, 6.07) is 15.1. The summed E-state index contributed by atoms with van der Waals surface area (Å²) in [6.45, 7) is 4.02. The summed E-state index contributed by atoms with van der Waals surface area (Å²) in [5, 5.41) is 2.90. The Balaban J connectivity index is 1.23. The monoisotopic (exact) mass is 440 g/mol. The Morgan fingerprint density at radius 2 is 1.71 bits per heavy atom. The van der Waals surface area contributed by atoms with Crippen molar-refractivity contribution in [2.24, 2.45) is 4.99 Å². The van der Waals surface area contributed by atoms with E-state index in [0.29, 0.717) is 17.9 Å². The zero-order valence-corrected chi connectivity index (χ0v) is 18.3. The molecule has 0 bridgehead atoms. The standard InChI is InChI=1S/C23H28N4O3S/c28-22(12-13-24-23-20-6-2-3-7-21(20)31(29,30)26-23)25-16-18-8-10-19(11-9-18)17-27-14-4-1-5-15-27/h2-3,6-11H,1,4-5,12-17H2,(H,24,26)(H,25,28). The van der Waals surface area contributed by atoms with Gasteiger partial charge in [0, 0.05) is 25.1 Å². The van der Waals surface area contributed by atoms with Crippen molar-refractivity contribution in [2.75, 3.05) is 19.6 Å². The Morgan fingerprint density at radius 3 is 2.48 bits per heavy atom. The number of piperidine rings is 1. The first kappa shape index (κ1) is 21.5. The van der Waals surface area contributed by atoms with Crippen molar-refractivity contribution >= 4 is 21.8 Å². The maximum atomic E-state index is 12.2. The summed E-state index contributed by atoms with van der Waals surface area (Å²) < 4.78 is 26.6. The molecule has 2 aliphatic heterocycles. The van der Waals surface area contributed by atoms with Crippen molar-refractivity contribution in [3.8, 4) is 0 Å². The molecule has 4 rings (SSSR count). The highest BCUT2D eigenvalue weighted by Gasteiger charge is 2.29. The van der Waals surface area contributed by atoms with E-state index in [2.05, 4.69) is 44.2 Å². The molecule has 0 spiro atoms. The average Bonchev–Trinajstić information content (AvgIpc) is 3.04. The lowest BCUT2D eigenvalue weighted by Gasteiger charge is -2.26. The molecule has 1 amide bonds. The van der Waals surface area contributed by atoms with Gasteiger partial charge in [-0.1, -0.05) is 42.8 Å². The van der Waals surface area contributed by atoms with Gasteiger partial charge in [0.2, 0.25) is 5.91 Å². The number of nitrogens with zero attached hydrogens (tertiary/aromatic N) is 2. The number of likely N-dealkylation sites (tertiary alicyclic amines) is 1. The zero-order chi connectivity index (χ0) is 21.7. The van der Waals surface area contributed by atoms with Crippen LogP contribution in [0.4, 0.5) is 0 Å². The number of rotatable bonds is 7. The molecule has 1 fully saturated rings. The summed E-state index contributed by atoms with van der Waals surface area (Å²) in [7, 11) is -3.55. The lowest BCUT2D eigenvalue weighted by molar-refractivity contribution is -0.121. The van der Waals surface area contributed by atoms with E-state index in [4.69, 9.17) is 0 Å². The topological polar surface area (TPSA) is 90.9 Å². The van der Waals surface area contributed by atoms with E-state index in [0.717, 1.165) is 12.1 Å². The summed E-state index contributed by atoms with van der Waals surface area (Å²) in [5.41, 5.74) is 2.90. The SMILES string of the molecule is O=C(CCN=C1NS(=O)(=O)c2ccccc21)NCc1ccc(CN2CCCCC2)cc1. The van der Waals surface area contributed by atoms with Crippen molar-refractivity contribution in [1.29, 1.82) is 0 Å². The molecule has 0 aliphatic carbocycles. The van der Waals surface area contributed by atoms with E-state index >= 15 is 0 Å². The smallest absolute Gasteiger partial charge is 0.263 e. The van der Waals surface area contributed by atoms with Crippen LogP contribution in [0.2, 0.25) is 0 Å². The van der Waals surface area contributed by atoms with Crippen molar-refractivity contribution in [2.45, 2.75) is 43.7 Å². The number of sulfonamides is 1. The number of carbonyl (C=O) groups excluding carboxylic acids is 1. The molecule has 0 aromatic heterocycles. The van der Waals surface area contributed by atoms with E-state index in [1.54, 1.807) is 24.3 Å². The number of amides is 1. The minimum Gasteiger partial charge on any atom is -0.352 e. The molecule has 0 atom stereocenters. The third-order valence-electron chi connectivity index (χ3n) is 5.64. The van der Waals surface area contributed by atoms with Crippen LogP contribution in [0.15, 0.2) is 58.4 Å². The molecule has 7 nitrogen and oxygen atoms in total. The normalized spacial score (nSPS) is 19.0. The highest BCUT2D eigenvalue weighted by atomic mass is 32.2. The summed E-state index contributed by atoms with van der Waals surface area (Å²) in [6.07, 6.45) is 4.10. The van der Waals surface area contributed by atoms with Gasteiger partial charge in [-0.25, -0.2) is 8.42 Å². The van der Waals surface area contributed by atoms with Crippen molar-refractivity contribution < 1.29 is 13.2 Å². The zero-order valence-electron chi connectivity index (χ0n) is 17.5. The number of hydrogen-bond donors (Lipinski definition) is 2. The molecule has 164 valence electrons. The number of benzene rings is 2. The first-order valence-electron chi connectivity index (χ1n) is 10.7. The van der Waals surface area contributed by atoms with Gasteiger partial charge >= 0.3 is 0 Å². The minimum atomic E-state index is -3.55. The Bertz CT molecular complexity index is 1060. The number of hydrogen-bond acceptors (Lipinski definition) is 5. The van der Waals surface area contributed by atoms with E-state index < -0.39 is 10.0 Å². The fourth-order valence-electron chi connectivity index (χ4n) is 3.95. The van der Waals surface area contributed by atoms with Crippen LogP contribution in [0.25, 0.3) is 0 Å². The van der Waals surface area contributed by atoms with Crippen LogP contribution in [-0.2, 0) is 27.9 Å². The maximum Gasteiger partial charge on any atom is 0.263 e. The Labute approximate surface area is 183 Å². The molecule has 2 aromatic rings. The van der Waals surface area contributed by atoms with Crippen molar-refractivity contribution in [3.63, 3.8) is 0 Å². The molecular formula is C23H28N4O3S. The maximum absolute atomic E-state index is 12.2. The predicted molar refractivity (Wildman–Crippen MR) is 120 cm³/mol. The van der Waals surface area contributed by atoms with E-state index in [1.165, 1.54) is 37.9 Å². The van der Waals surface area contributed by atoms with Gasteiger partial charge < -0.3 is 5.32 Å². The molecule has 1 saturated heterocycles. The van der Waals surface area contributed by atoms with Crippen LogP contribution < -0.4 is 10.0 Å². The third-order valence-corrected chi connectivity index (χ3v) is 7.04. The highest BCUT2D eigenvalue weighted by Crippen LogP contribution is 2.22. The van der Waals surface area contributed by atoms with Crippen LogP contribution in [0.5, 0.6) is 0 Å². The van der Waals surface area contributed by atoms with Crippen LogP contribution in [0, 0.1) is 0 Å². The number of aliphatic imine (C=N–C) groups is 1. The van der Waals surface area contributed by atoms with Gasteiger partial charge in [0.05, 0.1) is 11.4 Å².